The van der Waals surface area contributed by atoms with Gasteiger partial charge >= 0.3 is 0 Å². The van der Waals surface area contributed by atoms with Crippen LogP contribution in [0.2, 0.25) is 0 Å². The van der Waals surface area contributed by atoms with Gasteiger partial charge in [-0.25, -0.2) is 0 Å². The average molecular weight is 246 g/mol. The van der Waals surface area contributed by atoms with E-state index in [1.54, 1.807) is 0 Å². The molecular weight excluding hydrogens is 224 g/mol. The first-order valence-corrected chi connectivity index (χ1v) is 6.72. The van der Waals surface area contributed by atoms with Crippen molar-refractivity contribution in [2.75, 3.05) is 13.1 Å². The van der Waals surface area contributed by atoms with Crippen LogP contribution in [0.1, 0.15) is 36.9 Å². The largest absolute Gasteiger partial charge is 0.350 e. The molecule has 0 saturated carbocycles. The van der Waals surface area contributed by atoms with Crippen molar-refractivity contribution in [3.8, 4) is 0 Å². The lowest BCUT2D eigenvalue weighted by Gasteiger charge is -2.17. The van der Waals surface area contributed by atoms with Gasteiger partial charge in [0.25, 0.3) is 0 Å². The van der Waals surface area contributed by atoms with Crippen LogP contribution in [0.5, 0.6) is 0 Å². The first kappa shape index (κ1) is 13.1. The van der Waals surface area contributed by atoms with E-state index < -0.39 is 0 Å². The molecule has 0 radical (unpaired) electrons. The molecule has 1 aliphatic heterocycles. The van der Waals surface area contributed by atoms with Crippen LogP contribution in [-0.2, 0) is 4.79 Å². The van der Waals surface area contributed by atoms with Crippen molar-refractivity contribution >= 4 is 5.91 Å². The third kappa shape index (κ3) is 3.33. The van der Waals surface area contributed by atoms with Gasteiger partial charge in [0, 0.05) is 6.42 Å². The molecule has 1 unspecified atom stereocenters. The fourth-order valence-electron chi connectivity index (χ4n) is 2.60. The van der Waals surface area contributed by atoms with Crippen LogP contribution in [-0.4, -0.2) is 19.0 Å². The van der Waals surface area contributed by atoms with Gasteiger partial charge in [0.15, 0.2) is 0 Å². The third-order valence-corrected chi connectivity index (χ3v) is 3.67. The molecular formula is C15H22N2O. The predicted molar refractivity (Wildman–Crippen MR) is 73.3 cm³/mol. The zero-order chi connectivity index (χ0) is 13.0. The zero-order valence-electron chi connectivity index (χ0n) is 11.2. The van der Waals surface area contributed by atoms with Crippen LogP contribution in [0.3, 0.4) is 0 Å². The molecule has 0 spiro atoms. The second-order valence-electron chi connectivity index (χ2n) is 5.21. The Morgan fingerprint density at radius 1 is 1.50 bits per heavy atom. The molecule has 2 atom stereocenters. The number of amides is 1. The van der Waals surface area contributed by atoms with Gasteiger partial charge in [-0.3, -0.25) is 4.79 Å². The van der Waals surface area contributed by atoms with Gasteiger partial charge in [0.05, 0.1) is 6.04 Å². The fraction of sp³-hybridized carbons (Fsp3) is 0.533. The maximum Gasteiger partial charge on any atom is 0.220 e. The normalized spacial score (nSPS) is 20.7. The minimum Gasteiger partial charge on any atom is -0.350 e. The van der Waals surface area contributed by atoms with Crippen molar-refractivity contribution in [1.29, 1.82) is 0 Å². The summed E-state index contributed by atoms with van der Waals surface area (Å²) in [6.45, 7) is 6.16. The summed E-state index contributed by atoms with van der Waals surface area (Å²) in [5.74, 6) is 0.675. The van der Waals surface area contributed by atoms with E-state index in [0.717, 1.165) is 19.5 Å². The van der Waals surface area contributed by atoms with E-state index in [0.29, 0.717) is 12.3 Å². The summed E-state index contributed by atoms with van der Waals surface area (Å²) in [5, 5.41) is 6.39. The summed E-state index contributed by atoms with van der Waals surface area (Å²) in [5.41, 5.74) is 2.43. The maximum absolute atomic E-state index is 12.0. The Balaban J connectivity index is 1.88. The van der Waals surface area contributed by atoms with E-state index in [4.69, 9.17) is 0 Å². The van der Waals surface area contributed by atoms with E-state index in [9.17, 15) is 4.79 Å². The molecule has 0 aromatic heterocycles. The number of carbonyl (C=O) groups is 1. The van der Waals surface area contributed by atoms with Gasteiger partial charge in [-0.05, 0) is 50.4 Å². The Kier molecular flexibility index (Phi) is 4.37. The molecule has 1 aliphatic rings. The Morgan fingerprint density at radius 2 is 2.28 bits per heavy atom. The molecule has 1 amide bonds. The van der Waals surface area contributed by atoms with E-state index >= 15 is 0 Å². The van der Waals surface area contributed by atoms with E-state index in [2.05, 4.69) is 29.7 Å². The highest BCUT2D eigenvalue weighted by molar-refractivity contribution is 5.76. The molecule has 1 fully saturated rings. The van der Waals surface area contributed by atoms with Gasteiger partial charge in [-0.2, -0.15) is 0 Å². The minimum atomic E-state index is 0.0908. The van der Waals surface area contributed by atoms with E-state index in [-0.39, 0.29) is 11.9 Å². The van der Waals surface area contributed by atoms with Crippen LogP contribution in [0.15, 0.2) is 24.3 Å². The summed E-state index contributed by atoms with van der Waals surface area (Å²) >= 11 is 0. The Labute approximate surface area is 109 Å². The van der Waals surface area contributed by atoms with Crippen LogP contribution in [0.25, 0.3) is 0 Å². The molecule has 1 aromatic carbocycles. The summed E-state index contributed by atoms with van der Waals surface area (Å²) in [4.78, 5) is 12.0. The van der Waals surface area contributed by atoms with Crippen molar-refractivity contribution in [2.24, 2.45) is 5.92 Å². The van der Waals surface area contributed by atoms with Crippen molar-refractivity contribution in [3.63, 3.8) is 0 Å². The van der Waals surface area contributed by atoms with Crippen molar-refractivity contribution in [2.45, 2.75) is 32.7 Å². The number of hydrogen-bond acceptors (Lipinski definition) is 2. The highest BCUT2D eigenvalue weighted by atomic mass is 16.1. The topological polar surface area (TPSA) is 41.1 Å². The lowest BCUT2D eigenvalue weighted by molar-refractivity contribution is -0.122. The van der Waals surface area contributed by atoms with Crippen molar-refractivity contribution < 1.29 is 4.79 Å². The second kappa shape index (κ2) is 6.01. The highest BCUT2D eigenvalue weighted by Gasteiger charge is 2.19. The second-order valence-corrected chi connectivity index (χ2v) is 5.21. The molecule has 2 rings (SSSR count). The standard InChI is InChI=1S/C15H22N2O/c1-11-5-3-4-6-14(11)12(2)17-15(18)9-13-7-8-16-10-13/h3-6,12-13,16H,7-10H2,1-2H3,(H,17,18)/t12-,13?/m0/s1. The fourth-order valence-corrected chi connectivity index (χ4v) is 2.60. The number of aryl methyl sites for hydroxylation is 1. The predicted octanol–water partition coefficient (Wildman–Crippen LogP) is 2.17. The highest BCUT2D eigenvalue weighted by Crippen LogP contribution is 2.18. The minimum absolute atomic E-state index is 0.0908. The van der Waals surface area contributed by atoms with Crippen LogP contribution >= 0.6 is 0 Å². The van der Waals surface area contributed by atoms with Crippen molar-refractivity contribution in [1.82, 2.24) is 10.6 Å². The summed E-state index contributed by atoms with van der Waals surface area (Å²) in [7, 11) is 0. The van der Waals surface area contributed by atoms with Crippen LogP contribution < -0.4 is 10.6 Å². The number of rotatable bonds is 4. The van der Waals surface area contributed by atoms with Gasteiger partial charge in [-0.1, -0.05) is 24.3 Å². The van der Waals surface area contributed by atoms with Crippen LogP contribution in [0, 0.1) is 12.8 Å². The maximum atomic E-state index is 12.0. The summed E-state index contributed by atoms with van der Waals surface area (Å²) < 4.78 is 0. The van der Waals surface area contributed by atoms with Gasteiger partial charge in [-0.15, -0.1) is 0 Å². The lowest BCUT2D eigenvalue weighted by atomic mass is 10.0. The van der Waals surface area contributed by atoms with Gasteiger partial charge in [0.2, 0.25) is 5.91 Å². The van der Waals surface area contributed by atoms with Crippen LogP contribution in [0.4, 0.5) is 0 Å². The first-order valence-electron chi connectivity index (χ1n) is 6.72. The number of nitrogens with one attached hydrogen (secondary N) is 2. The molecule has 0 bridgehead atoms. The van der Waals surface area contributed by atoms with Gasteiger partial charge in [0.1, 0.15) is 0 Å². The zero-order valence-corrected chi connectivity index (χ0v) is 11.2. The summed E-state index contributed by atoms with van der Waals surface area (Å²) in [6, 6.07) is 8.30. The molecule has 2 N–H and O–H groups in total. The molecule has 98 valence electrons. The molecule has 1 aromatic rings. The van der Waals surface area contributed by atoms with E-state index in [1.807, 2.05) is 19.1 Å². The number of benzene rings is 1. The smallest absolute Gasteiger partial charge is 0.220 e. The molecule has 0 aliphatic carbocycles. The number of carbonyl (C=O) groups excluding carboxylic acids is 1. The molecule has 18 heavy (non-hydrogen) atoms. The van der Waals surface area contributed by atoms with Gasteiger partial charge < -0.3 is 10.6 Å². The van der Waals surface area contributed by atoms with E-state index in [1.165, 1.54) is 11.1 Å². The summed E-state index contributed by atoms with van der Waals surface area (Å²) in [6.07, 6.45) is 1.76. The Morgan fingerprint density at radius 3 is 2.94 bits per heavy atom. The SMILES string of the molecule is Cc1ccccc1[C@H](C)NC(=O)CC1CCNC1. The molecule has 1 saturated heterocycles. The molecule has 3 nitrogen and oxygen atoms in total. The van der Waals surface area contributed by atoms with Crippen molar-refractivity contribution in [3.05, 3.63) is 35.4 Å². The molecule has 1 heterocycles. The lowest BCUT2D eigenvalue weighted by Crippen LogP contribution is -2.29. The molecule has 3 heteroatoms. The Bertz CT molecular complexity index is 411. The third-order valence-electron chi connectivity index (χ3n) is 3.67. The monoisotopic (exact) mass is 246 g/mol. The quantitative estimate of drug-likeness (QED) is 0.855. The first-order chi connectivity index (χ1) is 8.66. The Hall–Kier alpha value is -1.35. The number of hydrogen-bond donors (Lipinski definition) is 2. The average Bonchev–Trinajstić information content (AvgIpc) is 2.82.